The summed E-state index contributed by atoms with van der Waals surface area (Å²) in [6.45, 7) is 1.60. The summed E-state index contributed by atoms with van der Waals surface area (Å²) in [7, 11) is 0. The monoisotopic (exact) mass is 314 g/mol. The van der Waals surface area contributed by atoms with E-state index in [2.05, 4.69) is 16.3 Å². The Labute approximate surface area is 133 Å². The fraction of sp³-hybridized carbons (Fsp3) is 0.235. The summed E-state index contributed by atoms with van der Waals surface area (Å²) in [6, 6.07) is 13.6. The molecule has 0 spiro atoms. The van der Waals surface area contributed by atoms with Gasteiger partial charge in [-0.1, -0.05) is 29.8 Å². The maximum absolute atomic E-state index is 12.2. The van der Waals surface area contributed by atoms with Crippen molar-refractivity contribution in [1.29, 1.82) is 0 Å². The summed E-state index contributed by atoms with van der Waals surface area (Å²) in [6.07, 6.45) is 0. The molecule has 0 saturated carbocycles. The molecule has 1 unspecified atom stereocenters. The number of nitrogens with one attached hydrogen (secondary N) is 1. The van der Waals surface area contributed by atoms with Crippen LogP contribution in [0.5, 0.6) is 5.75 Å². The van der Waals surface area contributed by atoms with Crippen LogP contribution in [0.1, 0.15) is 17.2 Å². The smallest absolute Gasteiger partial charge is 0.238 e. The van der Waals surface area contributed by atoms with E-state index in [-0.39, 0.29) is 11.9 Å². The number of fused-ring (bicyclic) bond motifs is 5. The first-order valence-electron chi connectivity index (χ1n) is 7.27. The average molecular weight is 315 g/mol. The fourth-order valence-corrected chi connectivity index (χ4v) is 3.40. The Morgan fingerprint density at radius 2 is 2.05 bits per heavy atom. The zero-order valence-corrected chi connectivity index (χ0v) is 12.6. The topological polar surface area (TPSA) is 41.6 Å². The molecule has 22 heavy (non-hydrogen) atoms. The van der Waals surface area contributed by atoms with E-state index >= 15 is 0 Å². The van der Waals surface area contributed by atoms with E-state index in [0.29, 0.717) is 24.7 Å². The minimum absolute atomic E-state index is 0.00884. The lowest BCUT2D eigenvalue weighted by Gasteiger charge is -2.27. The number of nitrogens with zero attached hydrogens (tertiary/aromatic N) is 1. The van der Waals surface area contributed by atoms with E-state index in [1.54, 1.807) is 6.07 Å². The molecule has 4 nitrogen and oxygen atoms in total. The number of halogens is 1. The Morgan fingerprint density at radius 1 is 1.18 bits per heavy atom. The van der Waals surface area contributed by atoms with Crippen LogP contribution >= 0.6 is 11.6 Å². The van der Waals surface area contributed by atoms with E-state index in [1.807, 2.05) is 30.3 Å². The molecule has 2 aliphatic heterocycles. The predicted octanol–water partition coefficient (Wildman–Crippen LogP) is 3.08. The van der Waals surface area contributed by atoms with E-state index in [1.165, 1.54) is 0 Å². The van der Waals surface area contributed by atoms with Crippen molar-refractivity contribution in [2.24, 2.45) is 0 Å². The molecular weight excluding hydrogens is 300 g/mol. The van der Waals surface area contributed by atoms with Gasteiger partial charge in [0.05, 0.1) is 12.6 Å². The third-order valence-corrected chi connectivity index (χ3v) is 4.38. The van der Waals surface area contributed by atoms with Crippen LogP contribution in [0, 0.1) is 0 Å². The molecule has 5 heteroatoms. The summed E-state index contributed by atoms with van der Waals surface area (Å²) in [4.78, 5) is 14.3. The molecule has 0 aliphatic carbocycles. The number of carbonyl (C=O) groups excluding carboxylic acids is 1. The van der Waals surface area contributed by atoms with Crippen molar-refractivity contribution >= 4 is 23.2 Å². The number of hydrogen-bond donors (Lipinski definition) is 1. The minimum atomic E-state index is -0.0358. The maximum Gasteiger partial charge on any atom is 0.238 e. The molecule has 112 valence electrons. The second kappa shape index (κ2) is 5.30. The van der Waals surface area contributed by atoms with Crippen LogP contribution < -0.4 is 10.1 Å². The minimum Gasteiger partial charge on any atom is -0.492 e. The van der Waals surface area contributed by atoms with Crippen molar-refractivity contribution in [2.45, 2.75) is 6.04 Å². The largest absolute Gasteiger partial charge is 0.492 e. The van der Waals surface area contributed by atoms with Crippen molar-refractivity contribution in [1.82, 2.24) is 4.90 Å². The third kappa shape index (κ3) is 2.25. The van der Waals surface area contributed by atoms with Crippen LogP contribution in [0.2, 0.25) is 5.02 Å². The van der Waals surface area contributed by atoms with Crippen LogP contribution in [0.3, 0.4) is 0 Å². The quantitative estimate of drug-likeness (QED) is 0.812. The van der Waals surface area contributed by atoms with Gasteiger partial charge in [-0.15, -0.1) is 0 Å². The molecule has 2 aromatic carbocycles. The summed E-state index contributed by atoms with van der Waals surface area (Å²) < 4.78 is 5.86. The van der Waals surface area contributed by atoms with Crippen molar-refractivity contribution in [2.75, 3.05) is 25.0 Å². The molecule has 0 bridgehead atoms. The highest BCUT2D eigenvalue weighted by atomic mass is 35.5. The molecule has 0 fully saturated rings. The number of hydrogen-bond acceptors (Lipinski definition) is 3. The van der Waals surface area contributed by atoms with Crippen molar-refractivity contribution in [3.63, 3.8) is 0 Å². The molecule has 1 N–H and O–H groups in total. The molecular formula is C17H15ClN2O2. The van der Waals surface area contributed by atoms with Gasteiger partial charge in [-0.3, -0.25) is 9.69 Å². The Morgan fingerprint density at radius 3 is 2.95 bits per heavy atom. The van der Waals surface area contributed by atoms with E-state index in [4.69, 9.17) is 16.3 Å². The number of benzene rings is 2. The molecule has 0 aromatic heterocycles. The summed E-state index contributed by atoms with van der Waals surface area (Å²) in [5.41, 5.74) is 2.90. The second-order valence-electron chi connectivity index (χ2n) is 5.54. The molecule has 0 saturated heterocycles. The standard InChI is InChI=1S/C17H15ClN2O2/c18-11-5-6-14-13(9-11)17-12-3-1-2-4-15(12)22-8-7-20(17)10-16(21)19-14/h1-6,9,17H,7-8,10H2,(H,19,21). The predicted molar refractivity (Wildman–Crippen MR) is 85.4 cm³/mol. The van der Waals surface area contributed by atoms with E-state index < -0.39 is 0 Å². The van der Waals surface area contributed by atoms with E-state index in [0.717, 1.165) is 22.6 Å². The van der Waals surface area contributed by atoms with Gasteiger partial charge in [-0.25, -0.2) is 0 Å². The van der Waals surface area contributed by atoms with E-state index in [9.17, 15) is 4.79 Å². The van der Waals surface area contributed by atoms with Crippen LogP contribution in [0.4, 0.5) is 5.69 Å². The normalized spacial score (nSPS) is 20.6. The van der Waals surface area contributed by atoms with Gasteiger partial charge >= 0.3 is 0 Å². The highest BCUT2D eigenvalue weighted by molar-refractivity contribution is 6.30. The van der Waals surface area contributed by atoms with Crippen molar-refractivity contribution < 1.29 is 9.53 Å². The van der Waals surface area contributed by atoms with Crippen molar-refractivity contribution in [3.05, 3.63) is 58.6 Å². The number of amides is 1. The van der Waals surface area contributed by atoms with Gasteiger partial charge in [0.25, 0.3) is 0 Å². The van der Waals surface area contributed by atoms with Crippen LogP contribution in [-0.2, 0) is 4.79 Å². The number of anilines is 1. The second-order valence-corrected chi connectivity index (χ2v) is 5.98. The molecule has 2 heterocycles. The van der Waals surface area contributed by atoms with Gasteiger partial charge in [0, 0.05) is 22.8 Å². The first kappa shape index (κ1) is 13.6. The number of para-hydroxylation sites is 1. The Bertz CT molecular complexity index is 747. The lowest BCUT2D eigenvalue weighted by molar-refractivity contribution is -0.117. The lowest BCUT2D eigenvalue weighted by Crippen LogP contribution is -2.35. The fourth-order valence-electron chi connectivity index (χ4n) is 3.22. The van der Waals surface area contributed by atoms with Gasteiger partial charge < -0.3 is 10.1 Å². The Hall–Kier alpha value is -2.04. The summed E-state index contributed by atoms with van der Waals surface area (Å²) >= 11 is 6.20. The SMILES string of the molecule is O=C1CN2CCOc3ccccc3C2c2cc(Cl)ccc2N1. The molecule has 1 atom stereocenters. The van der Waals surface area contributed by atoms with Gasteiger partial charge in [0.2, 0.25) is 5.91 Å². The maximum atomic E-state index is 12.2. The summed E-state index contributed by atoms with van der Waals surface area (Å²) in [5.74, 6) is 0.862. The number of carbonyl (C=O) groups is 1. The highest BCUT2D eigenvalue weighted by Gasteiger charge is 2.33. The molecule has 2 aliphatic rings. The summed E-state index contributed by atoms with van der Waals surface area (Å²) in [5, 5.41) is 3.64. The highest BCUT2D eigenvalue weighted by Crippen LogP contribution is 2.41. The zero-order chi connectivity index (χ0) is 15.1. The van der Waals surface area contributed by atoms with Gasteiger partial charge in [0.15, 0.2) is 0 Å². The van der Waals surface area contributed by atoms with Crippen LogP contribution in [-0.4, -0.2) is 30.5 Å². The number of rotatable bonds is 0. The first-order chi connectivity index (χ1) is 10.7. The van der Waals surface area contributed by atoms with Crippen LogP contribution in [0.15, 0.2) is 42.5 Å². The first-order valence-corrected chi connectivity index (χ1v) is 7.65. The van der Waals surface area contributed by atoms with Gasteiger partial charge in [-0.2, -0.15) is 0 Å². The molecule has 0 radical (unpaired) electrons. The Balaban J connectivity index is 1.95. The van der Waals surface area contributed by atoms with Gasteiger partial charge in [0.1, 0.15) is 12.4 Å². The molecule has 1 amide bonds. The lowest BCUT2D eigenvalue weighted by atomic mass is 9.95. The third-order valence-electron chi connectivity index (χ3n) is 4.14. The Kier molecular flexibility index (Phi) is 3.28. The van der Waals surface area contributed by atoms with Crippen molar-refractivity contribution in [3.8, 4) is 5.75 Å². The average Bonchev–Trinajstić information content (AvgIpc) is 2.75. The zero-order valence-electron chi connectivity index (χ0n) is 11.9. The number of ether oxygens (including phenoxy) is 1. The molecule has 4 rings (SSSR count). The van der Waals surface area contributed by atoms with Gasteiger partial charge in [-0.05, 0) is 29.8 Å². The van der Waals surface area contributed by atoms with Crippen LogP contribution in [0.25, 0.3) is 0 Å². The molecule has 2 aromatic rings.